The first-order valence-electron chi connectivity index (χ1n) is 9.79. The lowest BCUT2D eigenvalue weighted by molar-refractivity contribution is -0.127. The molecule has 6 heteroatoms. The summed E-state index contributed by atoms with van der Waals surface area (Å²) in [6, 6.07) is 0.275. The van der Waals surface area contributed by atoms with E-state index in [0.717, 1.165) is 45.3 Å². The highest BCUT2D eigenvalue weighted by Crippen LogP contribution is 2.20. The summed E-state index contributed by atoms with van der Waals surface area (Å²) in [6.07, 6.45) is 4.62. The number of carbonyl (C=O) groups excluding carboxylic acids is 2. The van der Waals surface area contributed by atoms with E-state index in [-0.39, 0.29) is 24.0 Å². The molecule has 0 spiro atoms. The van der Waals surface area contributed by atoms with E-state index in [4.69, 9.17) is 4.74 Å². The van der Waals surface area contributed by atoms with E-state index in [0.29, 0.717) is 13.1 Å². The van der Waals surface area contributed by atoms with Crippen molar-refractivity contribution in [2.75, 3.05) is 32.7 Å². The molecule has 2 saturated heterocycles. The Morgan fingerprint density at radius 3 is 2.40 bits per heavy atom. The molecule has 0 aromatic heterocycles. The van der Waals surface area contributed by atoms with Gasteiger partial charge in [-0.15, -0.1) is 0 Å². The van der Waals surface area contributed by atoms with Crippen molar-refractivity contribution in [3.05, 3.63) is 0 Å². The molecule has 2 heterocycles. The molecule has 0 aliphatic carbocycles. The largest absolute Gasteiger partial charge is 0.444 e. The van der Waals surface area contributed by atoms with Gasteiger partial charge in [-0.1, -0.05) is 6.92 Å². The second kappa shape index (κ2) is 8.88. The van der Waals surface area contributed by atoms with E-state index in [1.165, 1.54) is 6.42 Å². The number of ether oxygens (including phenoxy) is 1. The van der Waals surface area contributed by atoms with Crippen molar-refractivity contribution in [2.24, 2.45) is 5.92 Å². The molecule has 0 aromatic rings. The fourth-order valence-electron chi connectivity index (χ4n) is 3.62. The van der Waals surface area contributed by atoms with Crippen molar-refractivity contribution in [3.63, 3.8) is 0 Å². The Bertz CT molecular complexity index is 453. The molecule has 2 amide bonds. The predicted octanol–water partition coefficient (Wildman–Crippen LogP) is 2.62. The summed E-state index contributed by atoms with van der Waals surface area (Å²) in [5.41, 5.74) is -0.501. The molecule has 1 atom stereocenters. The van der Waals surface area contributed by atoms with Crippen molar-refractivity contribution < 1.29 is 14.3 Å². The van der Waals surface area contributed by atoms with Crippen LogP contribution in [0.25, 0.3) is 0 Å². The molecule has 25 heavy (non-hydrogen) atoms. The molecule has 1 N–H and O–H groups in total. The summed E-state index contributed by atoms with van der Waals surface area (Å²) >= 11 is 0. The van der Waals surface area contributed by atoms with Gasteiger partial charge in [-0.3, -0.25) is 4.79 Å². The lowest BCUT2D eigenvalue weighted by Crippen LogP contribution is -2.50. The van der Waals surface area contributed by atoms with Crippen molar-refractivity contribution in [2.45, 2.75) is 71.4 Å². The Kier molecular flexibility index (Phi) is 7.11. The number of hydrogen-bond acceptors (Lipinski definition) is 4. The molecule has 2 aliphatic rings. The maximum absolute atomic E-state index is 12.6. The Morgan fingerprint density at radius 2 is 1.80 bits per heavy atom. The van der Waals surface area contributed by atoms with Gasteiger partial charge in [0.15, 0.2) is 0 Å². The Labute approximate surface area is 152 Å². The van der Waals surface area contributed by atoms with Crippen LogP contribution in [0.2, 0.25) is 0 Å². The van der Waals surface area contributed by atoms with Crippen LogP contribution >= 0.6 is 0 Å². The number of carbonyl (C=O) groups is 2. The van der Waals surface area contributed by atoms with Crippen molar-refractivity contribution >= 4 is 12.0 Å². The zero-order valence-corrected chi connectivity index (χ0v) is 16.3. The number of rotatable bonds is 4. The van der Waals surface area contributed by atoms with Gasteiger partial charge in [-0.05, 0) is 59.4 Å². The number of amides is 2. The quantitative estimate of drug-likeness (QED) is 0.844. The molecule has 0 radical (unpaired) electrons. The zero-order valence-electron chi connectivity index (χ0n) is 16.3. The van der Waals surface area contributed by atoms with Crippen LogP contribution < -0.4 is 5.32 Å². The van der Waals surface area contributed by atoms with Gasteiger partial charge in [0.2, 0.25) is 5.91 Å². The Hall–Kier alpha value is -1.30. The maximum atomic E-state index is 12.6. The second-order valence-electron chi connectivity index (χ2n) is 8.39. The van der Waals surface area contributed by atoms with Crippen molar-refractivity contribution in [1.82, 2.24) is 15.1 Å². The Morgan fingerprint density at radius 1 is 1.12 bits per heavy atom. The molecule has 2 aliphatic heterocycles. The van der Waals surface area contributed by atoms with E-state index >= 15 is 0 Å². The van der Waals surface area contributed by atoms with Gasteiger partial charge in [0, 0.05) is 32.2 Å². The van der Waals surface area contributed by atoms with Crippen LogP contribution in [0, 0.1) is 5.92 Å². The normalized spacial score (nSPS) is 23.4. The summed E-state index contributed by atoms with van der Waals surface area (Å²) < 4.78 is 5.44. The molecule has 1 unspecified atom stereocenters. The molecule has 144 valence electrons. The molecule has 2 fully saturated rings. The van der Waals surface area contributed by atoms with Gasteiger partial charge in [0.05, 0.1) is 5.92 Å². The molecular formula is C19H35N3O3. The van der Waals surface area contributed by atoms with E-state index in [1.807, 2.05) is 20.8 Å². The molecule has 2 rings (SSSR count). The molecule has 0 aromatic carbocycles. The average molecular weight is 354 g/mol. The minimum absolute atomic E-state index is 0.0993. The topological polar surface area (TPSA) is 61.9 Å². The number of hydrogen-bond donors (Lipinski definition) is 1. The van der Waals surface area contributed by atoms with Crippen LogP contribution in [0.5, 0.6) is 0 Å². The molecule has 0 bridgehead atoms. The summed E-state index contributed by atoms with van der Waals surface area (Å²) in [4.78, 5) is 29.0. The highest BCUT2D eigenvalue weighted by Gasteiger charge is 2.32. The van der Waals surface area contributed by atoms with Crippen molar-refractivity contribution in [1.29, 1.82) is 0 Å². The Balaban J connectivity index is 1.79. The lowest BCUT2D eigenvalue weighted by Gasteiger charge is -2.35. The third-order valence-corrected chi connectivity index (χ3v) is 4.92. The minimum atomic E-state index is -0.501. The maximum Gasteiger partial charge on any atom is 0.410 e. The van der Waals surface area contributed by atoms with Crippen LogP contribution in [0.15, 0.2) is 0 Å². The van der Waals surface area contributed by atoms with Gasteiger partial charge in [0.1, 0.15) is 5.60 Å². The standard InChI is InChI=1S/C19H35N3O3/c1-5-10-21-12-8-16(9-13-21)20-17(23)15-7-6-11-22(14-15)18(24)25-19(2,3)4/h15-16H,5-14H2,1-4H3,(H,20,23). The van der Waals surface area contributed by atoms with Crippen LogP contribution in [0.1, 0.15) is 59.8 Å². The fraction of sp³-hybridized carbons (Fsp3) is 0.895. The van der Waals surface area contributed by atoms with Crippen LogP contribution in [0.4, 0.5) is 4.79 Å². The van der Waals surface area contributed by atoms with Crippen LogP contribution in [-0.4, -0.2) is 66.2 Å². The first-order valence-corrected chi connectivity index (χ1v) is 9.79. The van der Waals surface area contributed by atoms with Gasteiger partial charge in [-0.25, -0.2) is 4.79 Å². The van der Waals surface area contributed by atoms with Crippen LogP contribution in [0.3, 0.4) is 0 Å². The lowest BCUT2D eigenvalue weighted by atomic mass is 9.96. The number of piperidine rings is 2. The van der Waals surface area contributed by atoms with E-state index in [1.54, 1.807) is 4.90 Å². The third kappa shape index (κ3) is 6.49. The van der Waals surface area contributed by atoms with Gasteiger partial charge >= 0.3 is 6.09 Å². The summed E-state index contributed by atoms with van der Waals surface area (Å²) in [6.45, 7) is 12.2. The first-order chi connectivity index (χ1) is 11.8. The van der Waals surface area contributed by atoms with Gasteiger partial charge in [0.25, 0.3) is 0 Å². The van der Waals surface area contributed by atoms with E-state index in [9.17, 15) is 9.59 Å². The molecule has 0 saturated carbocycles. The summed E-state index contributed by atoms with van der Waals surface area (Å²) in [5, 5.41) is 3.21. The number of nitrogens with zero attached hydrogens (tertiary/aromatic N) is 2. The van der Waals surface area contributed by atoms with Crippen LogP contribution in [-0.2, 0) is 9.53 Å². The number of nitrogens with one attached hydrogen (secondary N) is 1. The van der Waals surface area contributed by atoms with Gasteiger partial charge in [-0.2, -0.15) is 0 Å². The average Bonchev–Trinajstić information content (AvgIpc) is 2.55. The molecular weight excluding hydrogens is 318 g/mol. The summed E-state index contributed by atoms with van der Waals surface area (Å²) in [7, 11) is 0. The zero-order chi connectivity index (χ0) is 18.4. The predicted molar refractivity (Wildman–Crippen MR) is 98.4 cm³/mol. The first kappa shape index (κ1) is 20.0. The second-order valence-corrected chi connectivity index (χ2v) is 8.39. The highest BCUT2D eigenvalue weighted by molar-refractivity contribution is 5.80. The van der Waals surface area contributed by atoms with Crippen molar-refractivity contribution in [3.8, 4) is 0 Å². The highest BCUT2D eigenvalue weighted by atomic mass is 16.6. The van der Waals surface area contributed by atoms with Gasteiger partial charge < -0.3 is 19.9 Å². The SMILES string of the molecule is CCCN1CCC(NC(=O)C2CCCN(C(=O)OC(C)(C)C)C2)CC1. The third-order valence-electron chi connectivity index (χ3n) is 4.92. The fourth-order valence-corrected chi connectivity index (χ4v) is 3.62. The van der Waals surface area contributed by atoms with E-state index < -0.39 is 5.60 Å². The smallest absolute Gasteiger partial charge is 0.410 e. The molecule has 6 nitrogen and oxygen atoms in total. The summed E-state index contributed by atoms with van der Waals surface area (Å²) in [5.74, 6) is -0.0165. The monoisotopic (exact) mass is 353 g/mol. The number of likely N-dealkylation sites (tertiary alicyclic amines) is 2. The minimum Gasteiger partial charge on any atom is -0.444 e. The van der Waals surface area contributed by atoms with E-state index in [2.05, 4.69) is 17.1 Å².